The van der Waals surface area contributed by atoms with Gasteiger partial charge in [0.1, 0.15) is 0 Å². The lowest BCUT2D eigenvalue weighted by molar-refractivity contribution is -0.137. The van der Waals surface area contributed by atoms with Gasteiger partial charge in [0.25, 0.3) is 0 Å². The Hall–Kier alpha value is -1.47. The molecule has 1 heterocycles. The molecule has 1 saturated carbocycles. The van der Waals surface area contributed by atoms with E-state index in [-0.39, 0.29) is 17.0 Å². The van der Waals surface area contributed by atoms with Crippen molar-refractivity contribution in [3.8, 4) is 0 Å². The number of rotatable bonds is 8. The van der Waals surface area contributed by atoms with E-state index in [0.29, 0.717) is 19.6 Å². The summed E-state index contributed by atoms with van der Waals surface area (Å²) in [5.41, 5.74) is -0.192. The predicted molar refractivity (Wildman–Crippen MR) is 78.6 cm³/mol. The van der Waals surface area contributed by atoms with E-state index in [1.165, 1.54) is 16.7 Å². The third-order valence-corrected chi connectivity index (χ3v) is 4.88. The molecule has 1 aromatic heterocycles. The van der Waals surface area contributed by atoms with E-state index in [1.807, 2.05) is 0 Å². The highest BCUT2D eigenvalue weighted by Crippen LogP contribution is 2.44. The number of thiazole rings is 1. The number of amides is 1. The maximum Gasteiger partial charge on any atom is 0.355 e. The van der Waals surface area contributed by atoms with Crippen molar-refractivity contribution in [2.24, 2.45) is 5.41 Å². The minimum Gasteiger partial charge on any atom is -0.476 e. The number of methoxy groups -OCH3 is 1. The van der Waals surface area contributed by atoms with Gasteiger partial charge < -0.3 is 15.2 Å². The third kappa shape index (κ3) is 3.79. The van der Waals surface area contributed by atoms with Crippen LogP contribution in [0.4, 0.5) is 0 Å². The number of carbonyl (C=O) groups is 2. The van der Waals surface area contributed by atoms with Gasteiger partial charge in [-0.15, -0.1) is 11.3 Å². The normalized spacial score (nSPS) is 16.2. The first kappa shape index (κ1) is 15.9. The molecule has 21 heavy (non-hydrogen) atoms. The number of ether oxygens (including phenoxy) is 1. The second-order valence-electron chi connectivity index (χ2n) is 5.31. The van der Waals surface area contributed by atoms with Gasteiger partial charge in [-0.1, -0.05) is 6.42 Å². The van der Waals surface area contributed by atoms with Gasteiger partial charge in [-0.3, -0.25) is 4.79 Å². The molecule has 0 atom stereocenters. The quantitative estimate of drug-likeness (QED) is 0.763. The first-order valence-corrected chi connectivity index (χ1v) is 7.90. The molecule has 2 N–H and O–H groups in total. The molecule has 7 heteroatoms. The Bertz CT molecular complexity index is 511. The summed E-state index contributed by atoms with van der Waals surface area (Å²) < 4.78 is 5.08. The molecule has 0 spiro atoms. The van der Waals surface area contributed by atoms with Crippen molar-refractivity contribution in [1.29, 1.82) is 0 Å². The molecule has 0 radical (unpaired) electrons. The molecule has 1 aliphatic carbocycles. The predicted octanol–water partition coefficient (Wildman–Crippen LogP) is 1.71. The lowest BCUT2D eigenvalue weighted by Gasteiger charge is -2.40. The standard InChI is InChI=1S/C14H20N2O4S/c1-20-8-6-14(4-2-5-14)13(19)15-7-3-11-16-10(9-21-11)12(17)18/h9H,2-8H2,1H3,(H,15,19)(H,17,18). The first-order chi connectivity index (χ1) is 10.1. The molecule has 0 aromatic carbocycles. The number of aromatic carboxylic acids is 1. The molecule has 0 saturated heterocycles. The van der Waals surface area contributed by atoms with Crippen molar-refractivity contribution in [2.45, 2.75) is 32.1 Å². The molecule has 1 aliphatic rings. The Morgan fingerprint density at radius 2 is 2.29 bits per heavy atom. The number of carboxylic acid groups (broad SMARTS) is 1. The maximum atomic E-state index is 12.3. The zero-order valence-electron chi connectivity index (χ0n) is 12.1. The van der Waals surface area contributed by atoms with Gasteiger partial charge in [-0.25, -0.2) is 9.78 Å². The fourth-order valence-corrected chi connectivity index (χ4v) is 3.26. The van der Waals surface area contributed by atoms with Gasteiger partial charge in [0, 0.05) is 32.1 Å². The van der Waals surface area contributed by atoms with Crippen LogP contribution in [0.5, 0.6) is 0 Å². The van der Waals surface area contributed by atoms with Crippen LogP contribution >= 0.6 is 11.3 Å². The van der Waals surface area contributed by atoms with E-state index in [0.717, 1.165) is 30.7 Å². The second kappa shape index (κ2) is 7.00. The average Bonchev–Trinajstić information content (AvgIpc) is 2.86. The lowest BCUT2D eigenvalue weighted by atomic mass is 9.66. The maximum absolute atomic E-state index is 12.3. The van der Waals surface area contributed by atoms with Gasteiger partial charge in [-0.2, -0.15) is 0 Å². The van der Waals surface area contributed by atoms with Crippen molar-refractivity contribution >= 4 is 23.2 Å². The Labute approximate surface area is 127 Å². The van der Waals surface area contributed by atoms with Crippen LogP contribution in [-0.4, -0.2) is 42.2 Å². The molecule has 2 rings (SSSR count). The molecule has 116 valence electrons. The smallest absolute Gasteiger partial charge is 0.355 e. The summed E-state index contributed by atoms with van der Waals surface area (Å²) in [5.74, 6) is -0.935. The summed E-state index contributed by atoms with van der Waals surface area (Å²) >= 11 is 1.31. The molecule has 1 fully saturated rings. The monoisotopic (exact) mass is 312 g/mol. The van der Waals surface area contributed by atoms with Crippen LogP contribution in [0.2, 0.25) is 0 Å². The minimum absolute atomic E-state index is 0.0666. The highest BCUT2D eigenvalue weighted by molar-refractivity contribution is 7.09. The van der Waals surface area contributed by atoms with Crippen molar-refractivity contribution < 1.29 is 19.4 Å². The van der Waals surface area contributed by atoms with Crippen molar-refractivity contribution in [2.75, 3.05) is 20.3 Å². The van der Waals surface area contributed by atoms with Gasteiger partial charge in [0.05, 0.1) is 10.4 Å². The Balaban J connectivity index is 1.79. The first-order valence-electron chi connectivity index (χ1n) is 7.02. The highest BCUT2D eigenvalue weighted by atomic mass is 32.1. The van der Waals surface area contributed by atoms with Crippen molar-refractivity contribution in [1.82, 2.24) is 10.3 Å². The largest absolute Gasteiger partial charge is 0.476 e. The van der Waals surface area contributed by atoms with Crippen LogP contribution in [-0.2, 0) is 16.0 Å². The van der Waals surface area contributed by atoms with E-state index in [2.05, 4.69) is 10.3 Å². The van der Waals surface area contributed by atoms with E-state index in [1.54, 1.807) is 7.11 Å². The molecule has 6 nitrogen and oxygen atoms in total. The molecular formula is C14H20N2O4S. The third-order valence-electron chi connectivity index (χ3n) is 3.97. The lowest BCUT2D eigenvalue weighted by Crippen LogP contribution is -2.46. The van der Waals surface area contributed by atoms with E-state index in [9.17, 15) is 9.59 Å². The van der Waals surface area contributed by atoms with Crippen LogP contribution < -0.4 is 5.32 Å². The second-order valence-corrected chi connectivity index (χ2v) is 6.26. The number of hydrogen-bond donors (Lipinski definition) is 2. The number of aromatic nitrogens is 1. The number of carbonyl (C=O) groups excluding carboxylic acids is 1. The summed E-state index contributed by atoms with van der Waals surface area (Å²) in [6.07, 6.45) is 4.25. The Kier molecular flexibility index (Phi) is 5.30. The molecular weight excluding hydrogens is 292 g/mol. The van der Waals surface area contributed by atoms with Crippen LogP contribution in [0.1, 0.15) is 41.2 Å². The topological polar surface area (TPSA) is 88.5 Å². The van der Waals surface area contributed by atoms with Crippen molar-refractivity contribution in [3.05, 3.63) is 16.1 Å². The van der Waals surface area contributed by atoms with Gasteiger partial charge >= 0.3 is 5.97 Å². The minimum atomic E-state index is -1.02. The zero-order chi connectivity index (χ0) is 15.3. The molecule has 0 bridgehead atoms. The Morgan fingerprint density at radius 1 is 1.52 bits per heavy atom. The molecule has 1 amide bonds. The fraction of sp³-hybridized carbons (Fsp3) is 0.643. The number of hydrogen-bond acceptors (Lipinski definition) is 5. The fourth-order valence-electron chi connectivity index (χ4n) is 2.49. The van der Waals surface area contributed by atoms with Crippen molar-refractivity contribution in [3.63, 3.8) is 0 Å². The van der Waals surface area contributed by atoms with Crippen LogP contribution in [0, 0.1) is 5.41 Å². The number of nitrogens with one attached hydrogen (secondary N) is 1. The summed E-state index contributed by atoms with van der Waals surface area (Å²) in [4.78, 5) is 27.0. The van der Waals surface area contributed by atoms with Crippen LogP contribution in [0.15, 0.2) is 5.38 Å². The van der Waals surface area contributed by atoms with Gasteiger partial charge in [-0.05, 0) is 19.3 Å². The SMILES string of the molecule is COCCC1(C(=O)NCCc2nc(C(=O)O)cs2)CCC1. The average molecular weight is 312 g/mol. The highest BCUT2D eigenvalue weighted by Gasteiger charge is 2.43. The Morgan fingerprint density at radius 3 is 2.81 bits per heavy atom. The van der Waals surface area contributed by atoms with E-state index in [4.69, 9.17) is 9.84 Å². The summed E-state index contributed by atoms with van der Waals surface area (Å²) in [6.45, 7) is 1.09. The van der Waals surface area contributed by atoms with Gasteiger partial charge in [0.2, 0.25) is 5.91 Å². The van der Waals surface area contributed by atoms with Crippen LogP contribution in [0.3, 0.4) is 0 Å². The summed E-state index contributed by atoms with van der Waals surface area (Å²) in [6, 6.07) is 0. The zero-order valence-corrected chi connectivity index (χ0v) is 12.9. The van der Waals surface area contributed by atoms with Gasteiger partial charge in [0.15, 0.2) is 5.69 Å². The summed E-state index contributed by atoms with van der Waals surface area (Å²) in [5, 5.41) is 14.0. The molecule has 1 aromatic rings. The molecule has 0 aliphatic heterocycles. The number of carboxylic acids is 1. The van der Waals surface area contributed by atoms with E-state index >= 15 is 0 Å². The summed E-state index contributed by atoms with van der Waals surface area (Å²) in [7, 11) is 1.65. The number of nitrogens with zero attached hydrogens (tertiary/aromatic N) is 1. The molecule has 0 unspecified atom stereocenters. The van der Waals surface area contributed by atoms with Crippen LogP contribution in [0.25, 0.3) is 0 Å². The van der Waals surface area contributed by atoms with E-state index < -0.39 is 5.97 Å².